The number of unbranched alkanes of at least 4 members (excludes halogenated alkanes) is 2. The SMILES string of the molecule is CN(CCCCCCl)c1ncncc1Br. The summed E-state index contributed by atoms with van der Waals surface area (Å²) >= 11 is 9.05. The minimum Gasteiger partial charge on any atom is -0.359 e. The molecule has 0 aliphatic rings. The van der Waals surface area contributed by atoms with Crippen molar-refractivity contribution in [1.29, 1.82) is 0 Å². The molecular weight excluding hydrogens is 277 g/mol. The summed E-state index contributed by atoms with van der Waals surface area (Å²) in [5.41, 5.74) is 0. The van der Waals surface area contributed by atoms with E-state index in [9.17, 15) is 0 Å². The van der Waals surface area contributed by atoms with Crippen molar-refractivity contribution in [2.45, 2.75) is 19.3 Å². The van der Waals surface area contributed by atoms with E-state index < -0.39 is 0 Å². The van der Waals surface area contributed by atoms with Crippen molar-refractivity contribution in [2.75, 3.05) is 24.4 Å². The summed E-state index contributed by atoms with van der Waals surface area (Å²) in [6.45, 7) is 0.993. The van der Waals surface area contributed by atoms with Gasteiger partial charge in [-0.1, -0.05) is 6.42 Å². The molecule has 1 rings (SSSR count). The van der Waals surface area contributed by atoms with E-state index in [1.165, 1.54) is 0 Å². The molecule has 1 heterocycles. The zero-order valence-electron chi connectivity index (χ0n) is 8.79. The van der Waals surface area contributed by atoms with Gasteiger partial charge in [-0.15, -0.1) is 11.6 Å². The molecule has 0 unspecified atom stereocenters. The fraction of sp³-hybridized carbons (Fsp3) is 0.600. The Morgan fingerprint density at radius 3 is 2.87 bits per heavy atom. The van der Waals surface area contributed by atoms with Gasteiger partial charge in [0.05, 0.1) is 4.47 Å². The number of hydrogen-bond donors (Lipinski definition) is 0. The molecule has 84 valence electrons. The second-order valence-electron chi connectivity index (χ2n) is 3.37. The highest BCUT2D eigenvalue weighted by atomic mass is 79.9. The van der Waals surface area contributed by atoms with Crippen LogP contribution >= 0.6 is 27.5 Å². The van der Waals surface area contributed by atoms with Crippen LogP contribution in [0.2, 0.25) is 0 Å². The van der Waals surface area contributed by atoms with Gasteiger partial charge in [-0.25, -0.2) is 9.97 Å². The van der Waals surface area contributed by atoms with Crippen LogP contribution in [0.5, 0.6) is 0 Å². The van der Waals surface area contributed by atoms with Crippen LogP contribution < -0.4 is 4.90 Å². The minimum absolute atomic E-state index is 0.751. The molecule has 0 radical (unpaired) electrons. The zero-order valence-corrected chi connectivity index (χ0v) is 11.1. The highest BCUT2D eigenvalue weighted by Crippen LogP contribution is 2.20. The van der Waals surface area contributed by atoms with Crippen LogP contribution in [0.1, 0.15) is 19.3 Å². The number of hydrogen-bond acceptors (Lipinski definition) is 3. The van der Waals surface area contributed by atoms with E-state index in [1.807, 2.05) is 7.05 Å². The van der Waals surface area contributed by atoms with Crippen LogP contribution in [0.15, 0.2) is 17.0 Å². The van der Waals surface area contributed by atoms with Crippen LogP contribution in [-0.4, -0.2) is 29.4 Å². The van der Waals surface area contributed by atoms with E-state index in [4.69, 9.17) is 11.6 Å². The molecule has 0 fully saturated rings. The standard InChI is InChI=1S/C10H15BrClN3/c1-15(6-4-2-3-5-12)10-9(11)7-13-8-14-10/h7-8H,2-6H2,1H3. The molecule has 0 aliphatic carbocycles. The second-order valence-corrected chi connectivity index (χ2v) is 4.60. The maximum absolute atomic E-state index is 5.62. The molecule has 0 N–H and O–H groups in total. The van der Waals surface area contributed by atoms with Crippen molar-refractivity contribution in [3.63, 3.8) is 0 Å². The summed E-state index contributed by atoms with van der Waals surface area (Å²) in [5, 5.41) is 0. The number of nitrogens with zero attached hydrogens (tertiary/aromatic N) is 3. The minimum atomic E-state index is 0.751. The topological polar surface area (TPSA) is 29.0 Å². The number of aromatic nitrogens is 2. The van der Waals surface area contributed by atoms with Crippen molar-refractivity contribution in [3.8, 4) is 0 Å². The summed E-state index contributed by atoms with van der Waals surface area (Å²) in [6, 6.07) is 0. The molecule has 5 heteroatoms. The van der Waals surface area contributed by atoms with Crippen LogP contribution in [-0.2, 0) is 0 Å². The molecule has 0 saturated heterocycles. The van der Waals surface area contributed by atoms with Gasteiger partial charge >= 0.3 is 0 Å². The van der Waals surface area contributed by atoms with Crippen molar-refractivity contribution in [2.24, 2.45) is 0 Å². The Labute approximate surface area is 104 Å². The summed E-state index contributed by atoms with van der Waals surface area (Å²) in [4.78, 5) is 10.3. The summed E-state index contributed by atoms with van der Waals surface area (Å²) in [7, 11) is 2.04. The predicted octanol–water partition coefficient (Wildman–Crippen LogP) is 3.08. The summed E-state index contributed by atoms with van der Waals surface area (Å²) in [5.74, 6) is 1.69. The summed E-state index contributed by atoms with van der Waals surface area (Å²) in [6.07, 6.45) is 6.71. The fourth-order valence-corrected chi connectivity index (χ4v) is 2.03. The van der Waals surface area contributed by atoms with E-state index in [0.29, 0.717) is 0 Å². The lowest BCUT2D eigenvalue weighted by Gasteiger charge is -2.18. The fourth-order valence-electron chi connectivity index (χ4n) is 1.31. The molecule has 3 nitrogen and oxygen atoms in total. The molecule has 15 heavy (non-hydrogen) atoms. The lowest BCUT2D eigenvalue weighted by molar-refractivity contribution is 0.702. The number of halogens is 2. The number of alkyl halides is 1. The van der Waals surface area contributed by atoms with Gasteiger partial charge < -0.3 is 4.90 Å². The number of anilines is 1. The Bertz CT molecular complexity index is 296. The molecule has 0 amide bonds. The average molecular weight is 293 g/mol. The van der Waals surface area contributed by atoms with Gasteiger partial charge in [0.1, 0.15) is 12.1 Å². The molecule has 0 aromatic carbocycles. The summed E-state index contributed by atoms with van der Waals surface area (Å²) < 4.78 is 0.935. The molecule has 0 spiro atoms. The third kappa shape index (κ3) is 4.34. The van der Waals surface area contributed by atoms with Gasteiger partial charge in [0.15, 0.2) is 0 Å². The smallest absolute Gasteiger partial charge is 0.146 e. The zero-order chi connectivity index (χ0) is 11.1. The Balaban J connectivity index is 2.40. The van der Waals surface area contributed by atoms with E-state index in [0.717, 1.165) is 42.0 Å². The van der Waals surface area contributed by atoms with E-state index in [1.54, 1.807) is 12.5 Å². The van der Waals surface area contributed by atoms with Gasteiger partial charge in [-0.3, -0.25) is 0 Å². The normalized spacial score (nSPS) is 10.3. The molecule has 0 atom stereocenters. The largest absolute Gasteiger partial charge is 0.359 e. The molecule has 0 aliphatic heterocycles. The van der Waals surface area contributed by atoms with Crippen LogP contribution in [0.3, 0.4) is 0 Å². The Morgan fingerprint density at radius 1 is 1.40 bits per heavy atom. The van der Waals surface area contributed by atoms with Crippen molar-refractivity contribution in [3.05, 3.63) is 17.0 Å². The van der Waals surface area contributed by atoms with Gasteiger partial charge in [-0.2, -0.15) is 0 Å². The molecular formula is C10H15BrClN3. The molecule has 1 aromatic heterocycles. The first-order valence-corrected chi connectivity index (χ1v) is 6.31. The van der Waals surface area contributed by atoms with Crippen LogP contribution in [0.25, 0.3) is 0 Å². The third-order valence-electron chi connectivity index (χ3n) is 2.14. The monoisotopic (exact) mass is 291 g/mol. The first-order valence-electron chi connectivity index (χ1n) is 4.98. The van der Waals surface area contributed by atoms with Gasteiger partial charge in [0.25, 0.3) is 0 Å². The van der Waals surface area contributed by atoms with Gasteiger partial charge in [-0.05, 0) is 28.8 Å². The quantitative estimate of drug-likeness (QED) is 0.596. The third-order valence-corrected chi connectivity index (χ3v) is 2.96. The lowest BCUT2D eigenvalue weighted by Crippen LogP contribution is -2.20. The van der Waals surface area contributed by atoms with Crippen LogP contribution in [0, 0.1) is 0 Å². The second kappa shape index (κ2) is 7.01. The van der Waals surface area contributed by atoms with E-state index in [-0.39, 0.29) is 0 Å². The molecule has 0 bridgehead atoms. The van der Waals surface area contributed by atoms with Crippen molar-refractivity contribution < 1.29 is 0 Å². The predicted molar refractivity (Wildman–Crippen MR) is 67.6 cm³/mol. The highest BCUT2D eigenvalue weighted by Gasteiger charge is 2.05. The maximum atomic E-state index is 5.62. The van der Waals surface area contributed by atoms with Crippen molar-refractivity contribution >= 4 is 33.3 Å². The first-order chi connectivity index (χ1) is 7.25. The highest BCUT2D eigenvalue weighted by molar-refractivity contribution is 9.10. The average Bonchev–Trinajstić information content (AvgIpc) is 2.25. The van der Waals surface area contributed by atoms with E-state index >= 15 is 0 Å². The van der Waals surface area contributed by atoms with Crippen molar-refractivity contribution in [1.82, 2.24) is 9.97 Å². The number of rotatable bonds is 6. The molecule has 0 saturated carbocycles. The van der Waals surface area contributed by atoms with E-state index in [2.05, 4.69) is 30.8 Å². The van der Waals surface area contributed by atoms with Gasteiger partial charge in [0.2, 0.25) is 0 Å². The first kappa shape index (κ1) is 12.7. The molecule has 1 aromatic rings. The van der Waals surface area contributed by atoms with Gasteiger partial charge in [0, 0.05) is 25.7 Å². The van der Waals surface area contributed by atoms with Crippen LogP contribution in [0.4, 0.5) is 5.82 Å². The Kier molecular flexibility index (Phi) is 5.95. The Morgan fingerprint density at radius 2 is 2.20 bits per heavy atom. The lowest BCUT2D eigenvalue weighted by atomic mass is 10.2. The Hall–Kier alpha value is -0.350. The maximum Gasteiger partial charge on any atom is 0.146 e.